The molecule has 1 amide bonds. The highest BCUT2D eigenvalue weighted by Gasteiger charge is 2.28. The van der Waals surface area contributed by atoms with Crippen LogP contribution in [-0.4, -0.2) is 45.2 Å². The summed E-state index contributed by atoms with van der Waals surface area (Å²) in [6, 6.07) is 3.59. The second-order valence-electron chi connectivity index (χ2n) is 5.36. The molecule has 6 nitrogen and oxygen atoms in total. The van der Waals surface area contributed by atoms with E-state index in [1.807, 2.05) is 0 Å². The molecule has 0 atom stereocenters. The third kappa shape index (κ3) is 3.53. The highest BCUT2D eigenvalue weighted by molar-refractivity contribution is 5.90. The number of benzene rings is 1. The summed E-state index contributed by atoms with van der Waals surface area (Å²) in [5, 5.41) is 6.23. The normalized spacial score (nSPS) is 15.6. The fourth-order valence-electron chi connectivity index (χ4n) is 2.64. The average Bonchev–Trinajstić information content (AvgIpc) is 3.10. The molecule has 0 bridgehead atoms. The predicted octanol–water partition coefficient (Wildman–Crippen LogP) is 1.90. The molecule has 0 saturated carbocycles. The fraction of sp³-hybridized carbons (Fsp3) is 0.400. The number of amides is 1. The van der Waals surface area contributed by atoms with Crippen LogP contribution in [0.5, 0.6) is 0 Å². The van der Waals surface area contributed by atoms with Gasteiger partial charge in [0.1, 0.15) is 6.33 Å². The lowest BCUT2D eigenvalue weighted by Gasteiger charge is -2.33. The molecule has 8 heteroatoms. The first-order chi connectivity index (χ1) is 11.1. The summed E-state index contributed by atoms with van der Waals surface area (Å²) in [5.41, 5.74) is 0.517. The van der Waals surface area contributed by atoms with E-state index in [9.17, 15) is 13.6 Å². The first kappa shape index (κ1) is 15.5. The third-order valence-corrected chi connectivity index (χ3v) is 3.85. The molecule has 1 fully saturated rings. The molecule has 122 valence electrons. The van der Waals surface area contributed by atoms with Gasteiger partial charge in [-0.25, -0.2) is 13.8 Å². The van der Waals surface area contributed by atoms with Crippen molar-refractivity contribution in [2.75, 3.05) is 13.2 Å². The summed E-state index contributed by atoms with van der Waals surface area (Å²) in [6.07, 6.45) is 2.63. The van der Waals surface area contributed by atoms with Gasteiger partial charge in [-0.05, 0) is 30.5 Å². The molecule has 2 heterocycles. The minimum atomic E-state index is -0.929. The molecule has 0 radical (unpaired) electrons. The Hall–Kier alpha value is -2.35. The van der Waals surface area contributed by atoms with Gasteiger partial charge in [0.2, 0.25) is 5.82 Å². The van der Waals surface area contributed by atoms with Crippen LogP contribution >= 0.6 is 0 Å². The number of aromatic amines is 1. The number of aromatic nitrogens is 3. The van der Waals surface area contributed by atoms with Gasteiger partial charge >= 0.3 is 0 Å². The Morgan fingerprint density at radius 2 is 2.09 bits per heavy atom. The van der Waals surface area contributed by atoms with Crippen LogP contribution in [0.15, 0.2) is 24.5 Å². The maximum Gasteiger partial charge on any atom is 0.291 e. The Labute approximate surface area is 131 Å². The minimum Gasteiger partial charge on any atom is -0.381 e. The quantitative estimate of drug-likeness (QED) is 0.933. The molecule has 0 aliphatic carbocycles. The number of halogens is 2. The first-order valence-electron chi connectivity index (χ1n) is 7.33. The molecule has 0 unspecified atom stereocenters. The summed E-state index contributed by atoms with van der Waals surface area (Å²) < 4.78 is 31.8. The van der Waals surface area contributed by atoms with Gasteiger partial charge in [0, 0.05) is 25.8 Å². The van der Waals surface area contributed by atoms with Gasteiger partial charge in [-0.3, -0.25) is 9.89 Å². The van der Waals surface area contributed by atoms with Crippen LogP contribution in [0.3, 0.4) is 0 Å². The number of ether oxygens (including phenoxy) is 1. The zero-order chi connectivity index (χ0) is 16.2. The van der Waals surface area contributed by atoms with E-state index in [0.717, 1.165) is 12.1 Å². The molecule has 1 aliphatic heterocycles. The van der Waals surface area contributed by atoms with E-state index in [2.05, 4.69) is 15.2 Å². The molecule has 3 rings (SSSR count). The highest BCUT2D eigenvalue weighted by atomic mass is 19.2. The lowest BCUT2D eigenvalue weighted by molar-refractivity contribution is 0.0260. The second-order valence-corrected chi connectivity index (χ2v) is 5.36. The second kappa shape index (κ2) is 6.82. The van der Waals surface area contributed by atoms with Gasteiger partial charge in [0.15, 0.2) is 11.6 Å². The highest BCUT2D eigenvalue weighted by Crippen LogP contribution is 2.20. The number of carbonyl (C=O) groups excluding carboxylic acids is 1. The van der Waals surface area contributed by atoms with Crippen LogP contribution in [0.25, 0.3) is 0 Å². The summed E-state index contributed by atoms with van der Waals surface area (Å²) >= 11 is 0. The fourth-order valence-corrected chi connectivity index (χ4v) is 2.64. The lowest BCUT2D eigenvalue weighted by atomic mass is 10.1. The molecule has 1 saturated heterocycles. The van der Waals surface area contributed by atoms with E-state index < -0.39 is 11.6 Å². The van der Waals surface area contributed by atoms with Gasteiger partial charge in [0.25, 0.3) is 5.91 Å². The summed E-state index contributed by atoms with van der Waals surface area (Å²) in [7, 11) is 0. The number of carbonyl (C=O) groups is 1. The van der Waals surface area contributed by atoms with Crippen molar-refractivity contribution >= 4 is 5.91 Å². The van der Waals surface area contributed by atoms with Gasteiger partial charge in [-0.1, -0.05) is 6.07 Å². The Bertz CT molecular complexity index is 672. The van der Waals surface area contributed by atoms with E-state index in [1.54, 1.807) is 4.90 Å². The van der Waals surface area contributed by atoms with Gasteiger partial charge in [0.05, 0.1) is 0 Å². The SMILES string of the molecule is O=C(c1ncn[nH]1)N(Cc1ccc(F)c(F)c1)C1CCOCC1. The Morgan fingerprint density at radius 3 is 2.74 bits per heavy atom. The maximum absolute atomic E-state index is 13.4. The first-order valence-corrected chi connectivity index (χ1v) is 7.33. The molecule has 2 aromatic rings. The van der Waals surface area contributed by atoms with Crippen molar-refractivity contribution in [2.45, 2.75) is 25.4 Å². The lowest BCUT2D eigenvalue weighted by Crippen LogP contribution is -2.43. The van der Waals surface area contributed by atoms with E-state index in [0.29, 0.717) is 31.6 Å². The van der Waals surface area contributed by atoms with Crippen molar-refractivity contribution in [1.29, 1.82) is 0 Å². The number of hydrogen-bond acceptors (Lipinski definition) is 4. The van der Waals surface area contributed by atoms with E-state index in [1.165, 1.54) is 12.4 Å². The molecule has 0 spiro atoms. The van der Waals surface area contributed by atoms with Crippen LogP contribution in [0.1, 0.15) is 29.0 Å². The zero-order valence-electron chi connectivity index (χ0n) is 12.3. The van der Waals surface area contributed by atoms with E-state index >= 15 is 0 Å². The van der Waals surface area contributed by atoms with Crippen molar-refractivity contribution in [3.63, 3.8) is 0 Å². The standard InChI is InChI=1S/C15H16F2N4O2/c16-12-2-1-10(7-13(12)17)8-21(11-3-5-23-6-4-11)15(22)14-18-9-19-20-14/h1-2,7,9,11H,3-6,8H2,(H,18,19,20). The number of nitrogens with one attached hydrogen (secondary N) is 1. The van der Waals surface area contributed by atoms with Crippen LogP contribution in [0, 0.1) is 11.6 Å². The number of nitrogens with zero attached hydrogens (tertiary/aromatic N) is 3. The third-order valence-electron chi connectivity index (χ3n) is 3.85. The number of H-pyrrole nitrogens is 1. The molecule has 1 N–H and O–H groups in total. The maximum atomic E-state index is 13.4. The largest absolute Gasteiger partial charge is 0.381 e. The summed E-state index contributed by atoms with van der Waals surface area (Å²) in [6.45, 7) is 1.28. The molecule has 1 aliphatic rings. The zero-order valence-corrected chi connectivity index (χ0v) is 12.3. The minimum absolute atomic E-state index is 0.0468. The van der Waals surface area contributed by atoms with Crippen LogP contribution in [-0.2, 0) is 11.3 Å². The van der Waals surface area contributed by atoms with E-state index in [-0.39, 0.29) is 24.3 Å². The summed E-state index contributed by atoms with van der Waals surface area (Å²) in [4.78, 5) is 18.1. The smallest absolute Gasteiger partial charge is 0.291 e. The number of hydrogen-bond donors (Lipinski definition) is 1. The Kier molecular flexibility index (Phi) is 4.61. The van der Waals surface area contributed by atoms with Gasteiger partial charge in [-0.2, -0.15) is 5.10 Å². The topological polar surface area (TPSA) is 71.1 Å². The molecule has 1 aromatic heterocycles. The van der Waals surface area contributed by atoms with E-state index in [4.69, 9.17) is 4.74 Å². The van der Waals surface area contributed by atoms with Crippen molar-refractivity contribution in [2.24, 2.45) is 0 Å². The molecular formula is C15H16F2N4O2. The predicted molar refractivity (Wildman–Crippen MR) is 76.5 cm³/mol. The monoisotopic (exact) mass is 322 g/mol. The van der Waals surface area contributed by atoms with Crippen molar-refractivity contribution in [1.82, 2.24) is 20.1 Å². The molecule has 1 aromatic carbocycles. The molecule has 23 heavy (non-hydrogen) atoms. The van der Waals surface area contributed by atoms with Crippen LogP contribution in [0.4, 0.5) is 8.78 Å². The van der Waals surface area contributed by atoms with Crippen molar-refractivity contribution in [3.8, 4) is 0 Å². The van der Waals surface area contributed by atoms with Crippen molar-refractivity contribution in [3.05, 3.63) is 47.5 Å². The van der Waals surface area contributed by atoms with Crippen molar-refractivity contribution < 1.29 is 18.3 Å². The van der Waals surface area contributed by atoms with Gasteiger partial charge in [-0.15, -0.1) is 0 Å². The Balaban J connectivity index is 1.84. The Morgan fingerprint density at radius 1 is 1.30 bits per heavy atom. The van der Waals surface area contributed by atoms with Gasteiger partial charge < -0.3 is 9.64 Å². The molecular weight excluding hydrogens is 306 g/mol. The average molecular weight is 322 g/mol. The van der Waals surface area contributed by atoms with Crippen LogP contribution in [0.2, 0.25) is 0 Å². The van der Waals surface area contributed by atoms with Crippen LogP contribution < -0.4 is 0 Å². The number of rotatable bonds is 4. The summed E-state index contributed by atoms with van der Waals surface area (Å²) in [5.74, 6) is -2.03.